The molecule has 0 atom stereocenters. The van der Waals surface area contributed by atoms with Crippen LogP contribution in [0.25, 0.3) is 5.65 Å². The minimum absolute atomic E-state index is 0.467. The standard InChI is InChI=1S/C18H20ClN3O/c1-13-16(11-21(2)3)22-9-5-8-17(18(22)20-13)23-12-14-6-4-7-15(19)10-14/h4-10H,11-12H2,1-3H3. The van der Waals surface area contributed by atoms with Crippen molar-refractivity contribution in [3.05, 3.63) is 64.6 Å². The predicted octanol–water partition coefficient (Wildman–Crippen LogP) is 3.94. The highest BCUT2D eigenvalue weighted by Crippen LogP contribution is 2.24. The van der Waals surface area contributed by atoms with Gasteiger partial charge in [0.25, 0.3) is 0 Å². The molecule has 0 bridgehead atoms. The summed E-state index contributed by atoms with van der Waals surface area (Å²) in [6.07, 6.45) is 2.03. The van der Waals surface area contributed by atoms with E-state index in [1.54, 1.807) is 0 Å². The van der Waals surface area contributed by atoms with Crippen molar-refractivity contribution in [2.45, 2.75) is 20.1 Å². The number of halogens is 1. The van der Waals surface area contributed by atoms with Gasteiger partial charge >= 0.3 is 0 Å². The van der Waals surface area contributed by atoms with E-state index >= 15 is 0 Å². The molecule has 3 rings (SSSR count). The van der Waals surface area contributed by atoms with Crippen LogP contribution in [0.3, 0.4) is 0 Å². The van der Waals surface area contributed by atoms with Gasteiger partial charge in [-0.05, 0) is 50.8 Å². The van der Waals surface area contributed by atoms with E-state index in [1.807, 2.05) is 49.5 Å². The SMILES string of the molecule is Cc1nc2c(OCc3cccc(Cl)c3)cccn2c1CN(C)C. The Hall–Kier alpha value is -2.04. The number of rotatable bonds is 5. The van der Waals surface area contributed by atoms with Crippen LogP contribution in [-0.2, 0) is 13.2 Å². The lowest BCUT2D eigenvalue weighted by Crippen LogP contribution is -2.13. The molecule has 0 spiro atoms. The van der Waals surface area contributed by atoms with E-state index in [-0.39, 0.29) is 0 Å². The van der Waals surface area contributed by atoms with Gasteiger partial charge in [0.2, 0.25) is 0 Å². The molecule has 2 heterocycles. The van der Waals surface area contributed by atoms with Gasteiger partial charge in [-0.3, -0.25) is 4.40 Å². The van der Waals surface area contributed by atoms with Gasteiger partial charge in [-0.15, -0.1) is 0 Å². The minimum atomic E-state index is 0.467. The fraction of sp³-hybridized carbons (Fsp3) is 0.278. The van der Waals surface area contributed by atoms with Crippen LogP contribution < -0.4 is 4.74 Å². The number of aryl methyl sites for hydroxylation is 1. The molecule has 0 saturated heterocycles. The third-order valence-electron chi connectivity index (χ3n) is 3.66. The maximum absolute atomic E-state index is 6.02. The first-order valence-corrected chi connectivity index (χ1v) is 7.91. The number of ether oxygens (including phenoxy) is 1. The molecule has 120 valence electrons. The summed E-state index contributed by atoms with van der Waals surface area (Å²) in [6.45, 7) is 3.34. The van der Waals surface area contributed by atoms with Crippen LogP contribution in [0.1, 0.15) is 17.0 Å². The van der Waals surface area contributed by atoms with Gasteiger partial charge in [0, 0.05) is 17.8 Å². The highest BCUT2D eigenvalue weighted by molar-refractivity contribution is 6.30. The van der Waals surface area contributed by atoms with Crippen molar-refractivity contribution in [1.29, 1.82) is 0 Å². The smallest absolute Gasteiger partial charge is 0.180 e. The van der Waals surface area contributed by atoms with Gasteiger partial charge < -0.3 is 9.64 Å². The van der Waals surface area contributed by atoms with Crippen molar-refractivity contribution in [3.8, 4) is 5.75 Å². The first-order valence-electron chi connectivity index (χ1n) is 7.53. The highest BCUT2D eigenvalue weighted by atomic mass is 35.5. The Bertz CT molecular complexity index is 826. The molecule has 2 aromatic heterocycles. The maximum Gasteiger partial charge on any atom is 0.180 e. The van der Waals surface area contributed by atoms with E-state index in [0.29, 0.717) is 11.6 Å². The Morgan fingerprint density at radius 1 is 1.22 bits per heavy atom. The molecule has 0 aliphatic carbocycles. The molecule has 0 saturated carbocycles. The van der Waals surface area contributed by atoms with Crippen molar-refractivity contribution >= 4 is 17.2 Å². The molecule has 0 aliphatic rings. The van der Waals surface area contributed by atoms with Crippen LogP contribution in [0.15, 0.2) is 42.6 Å². The first-order chi connectivity index (χ1) is 11.0. The monoisotopic (exact) mass is 329 g/mol. The normalized spacial score (nSPS) is 11.3. The van der Waals surface area contributed by atoms with Crippen molar-refractivity contribution in [2.24, 2.45) is 0 Å². The molecule has 3 aromatic rings. The van der Waals surface area contributed by atoms with Crippen LogP contribution in [0.5, 0.6) is 5.75 Å². The van der Waals surface area contributed by atoms with E-state index in [0.717, 1.165) is 29.2 Å². The fourth-order valence-electron chi connectivity index (χ4n) is 2.60. The fourth-order valence-corrected chi connectivity index (χ4v) is 2.81. The third-order valence-corrected chi connectivity index (χ3v) is 3.90. The van der Waals surface area contributed by atoms with Crippen LogP contribution in [0.4, 0.5) is 0 Å². The zero-order valence-electron chi connectivity index (χ0n) is 13.6. The number of nitrogens with zero attached hydrogens (tertiary/aromatic N) is 3. The Morgan fingerprint density at radius 2 is 2.04 bits per heavy atom. The number of imidazole rings is 1. The largest absolute Gasteiger partial charge is 0.485 e. The van der Waals surface area contributed by atoms with E-state index in [2.05, 4.69) is 28.4 Å². The molecule has 0 amide bonds. The van der Waals surface area contributed by atoms with E-state index in [4.69, 9.17) is 16.3 Å². The van der Waals surface area contributed by atoms with Crippen LogP contribution >= 0.6 is 11.6 Å². The average molecular weight is 330 g/mol. The van der Waals surface area contributed by atoms with E-state index < -0.39 is 0 Å². The molecule has 0 unspecified atom stereocenters. The number of fused-ring (bicyclic) bond motifs is 1. The second kappa shape index (κ2) is 6.60. The molecule has 23 heavy (non-hydrogen) atoms. The number of pyridine rings is 1. The van der Waals surface area contributed by atoms with Gasteiger partial charge in [-0.1, -0.05) is 23.7 Å². The van der Waals surface area contributed by atoms with Gasteiger partial charge in [0.05, 0.1) is 11.4 Å². The van der Waals surface area contributed by atoms with Gasteiger partial charge in [-0.25, -0.2) is 4.98 Å². The molecule has 1 aromatic carbocycles. The summed E-state index contributed by atoms with van der Waals surface area (Å²) >= 11 is 6.02. The third kappa shape index (κ3) is 3.49. The second-order valence-electron chi connectivity index (χ2n) is 5.87. The van der Waals surface area contributed by atoms with Gasteiger partial charge in [-0.2, -0.15) is 0 Å². The number of benzene rings is 1. The lowest BCUT2D eigenvalue weighted by Gasteiger charge is -2.11. The quantitative estimate of drug-likeness (QED) is 0.710. The Morgan fingerprint density at radius 3 is 2.78 bits per heavy atom. The lowest BCUT2D eigenvalue weighted by molar-refractivity contribution is 0.308. The molecule has 0 aliphatic heterocycles. The zero-order chi connectivity index (χ0) is 16.4. The van der Waals surface area contributed by atoms with Crippen molar-refractivity contribution in [3.63, 3.8) is 0 Å². The Balaban J connectivity index is 1.89. The summed E-state index contributed by atoms with van der Waals surface area (Å²) in [4.78, 5) is 6.82. The number of hydrogen-bond acceptors (Lipinski definition) is 3. The minimum Gasteiger partial charge on any atom is -0.485 e. The Labute approximate surface area is 141 Å². The summed E-state index contributed by atoms with van der Waals surface area (Å²) in [5.41, 5.74) is 4.09. The van der Waals surface area contributed by atoms with E-state index in [9.17, 15) is 0 Å². The van der Waals surface area contributed by atoms with E-state index in [1.165, 1.54) is 5.69 Å². The molecule has 4 nitrogen and oxygen atoms in total. The number of aromatic nitrogens is 2. The molecule has 0 N–H and O–H groups in total. The summed E-state index contributed by atoms with van der Waals surface area (Å²) in [6, 6.07) is 11.6. The first kappa shape index (κ1) is 15.8. The molecule has 0 radical (unpaired) electrons. The van der Waals surface area contributed by atoms with Crippen LogP contribution in [-0.4, -0.2) is 28.4 Å². The summed E-state index contributed by atoms with van der Waals surface area (Å²) < 4.78 is 8.08. The molecule has 5 heteroatoms. The van der Waals surface area contributed by atoms with Crippen molar-refractivity contribution in [1.82, 2.24) is 14.3 Å². The maximum atomic E-state index is 6.02. The Kier molecular flexibility index (Phi) is 4.55. The predicted molar refractivity (Wildman–Crippen MR) is 93.1 cm³/mol. The highest BCUT2D eigenvalue weighted by Gasteiger charge is 2.13. The second-order valence-corrected chi connectivity index (χ2v) is 6.30. The van der Waals surface area contributed by atoms with Crippen LogP contribution in [0.2, 0.25) is 5.02 Å². The molecule has 0 fully saturated rings. The summed E-state index contributed by atoms with van der Waals surface area (Å²) in [7, 11) is 4.11. The molecular formula is C18H20ClN3O. The lowest BCUT2D eigenvalue weighted by atomic mass is 10.2. The average Bonchev–Trinajstić information content (AvgIpc) is 2.81. The van der Waals surface area contributed by atoms with Crippen LogP contribution in [0, 0.1) is 6.92 Å². The summed E-state index contributed by atoms with van der Waals surface area (Å²) in [5.74, 6) is 0.778. The topological polar surface area (TPSA) is 29.8 Å². The van der Waals surface area contributed by atoms with Gasteiger partial charge in [0.15, 0.2) is 11.4 Å². The summed E-state index contributed by atoms with van der Waals surface area (Å²) in [5, 5.41) is 0.717. The number of hydrogen-bond donors (Lipinski definition) is 0. The zero-order valence-corrected chi connectivity index (χ0v) is 14.3. The van der Waals surface area contributed by atoms with Gasteiger partial charge in [0.1, 0.15) is 6.61 Å². The van der Waals surface area contributed by atoms with Crippen molar-refractivity contribution < 1.29 is 4.74 Å². The molecular weight excluding hydrogens is 310 g/mol. The van der Waals surface area contributed by atoms with Crippen molar-refractivity contribution in [2.75, 3.05) is 14.1 Å².